The molecule has 3 fully saturated rings. The predicted octanol–water partition coefficient (Wildman–Crippen LogP) is 1.26. The van der Waals surface area contributed by atoms with Crippen LogP contribution in [-0.2, 0) is 23.7 Å². The van der Waals surface area contributed by atoms with E-state index < -0.39 is 48.7 Å². The molecule has 0 bridgehead atoms. The first-order valence-electron chi connectivity index (χ1n) is 5.39. The van der Waals surface area contributed by atoms with E-state index in [1.54, 1.807) is 0 Å². The van der Waals surface area contributed by atoms with Gasteiger partial charge in [0.15, 0.2) is 18.5 Å². The maximum Gasteiger partial charge on any atom is 0.453 e. The van der Waals surface area contributed by atoms with E-state index in [0.29, 0.717) is 0 Å². The molecule has 3 saturated heterocycles. The summed E-state index contributed by atoms with van der Waals surface area (Å²) in [5, 5.41) is 0. The Morgan fingerprint density at radius 3 is 2.15 bits per heavy atom. The molecule has 20 heavy (non-hydrogen) atoms. The van der Waals surface area contributed by atoms with Crippen LogP contribution >= 0.6 is 0 Å². The molecule has 3 rings (SSSR count). The van der Waals surface area contributed by atoms with Crippen LogP contribution in [0, 0.1) is 0 Å². The summed E-state index contributed by atoms with van der Waals surface area (Å²) in [6, 6.07) is 0. The monoisotopic (exact) mass is 308 g/mol. The molecule has 0 aromatic carbocycles. The second-order valence-corrected chi connectivity index (χ2v) is 4.51. The van der Waals surface area contributed by atoms with Crippen LogP contribution in [0.5, 0.6) is 0 Å². The average molecular weight is 308 g/mol. The Hall–Kier alpha value is -1.07. The van der Waals surface area contributed by atoms with Gasteiger partial charge in [-0.15, -0.1) is 0 Å². The molecule has 114 valence electrons. The Balaban J connectivity index is 1.91. The molecule has 4 unspecified atom stereocenters. The van der Waals surface area contributed by atoms with Crippen LogP contribution in [0.25, 0.3) is 0 Å². The molecular formula is C9H6F6O5. The fourth-order valence-corrected chi connectivity index (χ4v) is 2.39. The van der Waals surface area contributed by atoms with Crippen molar-refractivity contribution >= 4 is 5.97 Å². The van der Waals surface area contributed by atoms with E-state index in [9.17, 15) is 31.1 Å². The molecule has 3 aliphatic rings. The minimum absolute atomic E-state index is 0.268. The summed E-state index contributed by atoms with van der Waals surface area (Å²) in [4.78, 5) is 11.0. The molecule has 0 radical (unpaired) electrons. The SMILES string of the molecule is O=C1CC2OC3OC(C(F)(F)F)(C(F)(F)F)OC3C2O1. The number of rotatable bonds is 0. The third kappa shape index (κ3) is 1.66. The first-order valence-corrected chi connectivity index (χ1v) is 5.39. The molecule has 4 atom stereocenters. The minimum Gasteiger partial charge on any atom is -0.456 e. The Morgan fingerprint density at radius 1 is 1.00 bits per heavy atom. The van der Waals surface area contributed by atoms with Crippen LogP contribution in [0.3, 0.4) is 0 Å². The van der Waals surface area contributed by atoms with Gasteiger partial charge in [-0.25, -0.2) is 0 Å². The van der Waals surface area contributed by atoms with Crippen molar-refractivity contribution in [3.63, 3.8) is 0 Å². The second-order valence-electron chi connectivity index (χ2n) is 4.51. The lowest BCUT2D eigenvalue weighted by atomic mass is 10.1. The number of ether oxygens (including phenoxy) is 4. The highest BCUT2D eigenvalue weighted by Gasteiger charge is 2.81. The molecule has 3 heterocycles. The highest BCUT2D eigenvalue weighted by molar-refractivity contribution is 5.73. The first kappa shape index (κ1) is 13.9. The lowest BCUT2D eigenvalue weighted by molar-refractivity contribution is -0.455. The van der Waals surface area contributed by atoms with Crippen molar-refractivity contribution in [3.8, 4) is 0 Å². The molecule has 11 heteroatoms. The molecule has 0 aromatic rings. The Kier molecular flexibility index (Phi) is 2.62. The van der Waals surface area contributed by atoms with Crippen molar-refractivity contribution < 1.29 is 50.1 Å². The van der Waals surface area contributed by atoms with E-state index in [1.807, 2.05) is 0 Å². The topological polar surface area (TPSA) is 54.0 Å². The molecular weight excluding hydrogens is 302 g/mol. The zero-order chi connectivity index (χ0) is 14.9. The highest BCUT2D eigenvalue weighted by atomic mass is 19.4. The molecule has 0 N–H and O–H groups in total. The van der Waals surface area contributed by atoms with E-state index in [-0.39, 0.29) is 6.42 Å². The largest absolute Gasteiger partial charge is 0.456 e. The fraction of sp³-hybridized carbons (Fsp3) is 0.889. The third-order valence-corrected chi connectivity index (χ3v) is 3.23. The Labute approximate surface area is 106 Å². The number of hydrogen-bond acceptors (Lipinski definition) is 5. The maximum atomic E-state index is 12.7. The van der Waals surface area contributed by atoms with Crippen molar-refractivity contribution in [1.29, 1.82) is 0 Å². The smallest absolute Gasteiger partial charge is 0.453 e. The normalized spacial score (nSPS) is 39.6. The molecule has 0 aliphatic carbocycles. The molecule has 0 amide bonds. The van der Waals surface area contributed by atoms with Gasteiger partial charge in [0.1, 0.15) is 6.10 Å². The molecule has 0 saturated carbocycles. The van der Waals surface area contributed by atoms with Gasteiger partial charge in [0.05, 0.1) is 6.42 Å². The van der Waals surface area contributed by atoms with Crippen molar-refractivity contribution in [3.05, 3.63) is 0 Å². The number of alkyl halides is 6. The second kappa shape index (κ2) is 3.77. The van der Waals surface area contributed by atoms with E-state index in [2.05, 4.69) is 14.2 Å². The minimum atomic E-state index is -5.85. The van der Waals surface area contributed by atoms with Crippen LogP contribution in [0.2, 0.25) is 0 Å². The van der Waals surface area contributed by atoms with Crippen LogP contribution in [0.4, 0.5) is 26.3 Å². The van der Waals surface area contributed by atoms with Crippen molar-refractivity contribution in [2.24, 2.45) is 0 Å². The molecule has 3 aliphatic heterocycles. The maximum absolute atomic E-state index is 12.7. The molecule has 0 spiro atoms. The van der Waals surface area contributed by atoms with E-state index in [4.69, 9.17) is 4.74 Å². The Morgan fingerprint density at radius 2 is 1.60 bits per heavy atom. The van der Waals surface area contributed by atoms with Gasteiger partial charge in [0, 0.05) is 0 Å². The summed E-state index contributed by atoms with van der Waals surface area (Å²) in [6.45, 7) is 0. The highest BCUT2D eigenvalue weighted by Crippen LogP contribution is 2.55. The summed E-state index contributed by atoms with van der Waals surface area (Å²) in [6.07, 6.45) is -17.9. The van der Waals surface area contributed by atoms with Gasteiger partial charge in [-0.2, -0.15) is 26.3 Å². The first-order chi connectivity index (χ1) is 9.05. The molecule has 0 aromatic heterocycles. The number of carbonyl (C=O) groups is 1. The number of halogens is 6. The third-order valence-electron chi connectivity index (χ3n) is 3.23. The summed E-state index contributed by atoms with van der Waals surface area (Å²) in [5.74, 6) is -5.55. The average Bonchev–Trinajstić information content (AvgIpc) is 2.83. The van der Waals surface area contributed by atoms with Gasteiger partial charge in [-0.05, 0) is 0 Å². The van der Waals surface area contributed by atoms with Gasteiger partial charge in [0.25, 0.3) is 0 Å². The van der Waals surface area contributed by atoms with E-state index in [1.165, 1.54) is 0 Å². The van der Waals surface area contributed by atoms with Crippen LogP contribution < -0.4 is 0 Å². The summed E-state index contributed by atoms with van der Waals surface area (Å²) in [5.41, 5.74) is 0. The van der Waals surface area contributed by atoms with Crippen molar-refractivity contribution in [1.82, 2.24) is 0 Å². The van der Waals surface area contributed by atoms with Crippen LogP contribution in [0.15, 0.2) is 0 Å². The summed E-state index contributed by atoms with van der Waals surface area (Å²) >= 11 is 0. The van der Waals surface area contributed by atoms with Crippen LogP contribution in [0.1, 0.15) is 6.42 Å². The fourth-order valence-electron chi connectivity index (χ4n) is 2.39. The number of hydrogen-bond donors (Lipinski definition) is 0. The number of esters is 1. The zero-order valence-electron chi connectivity index (χ0n) is 9.33. The van der Waals surface area contributed by atoms with E-state index >= 15 is 0 Å². The number of carbonyl (C=O) groups excluding carboxylic acids is 1. The van der Waals surface area contributed by atoms with Gasteiger partial charge in [-0.3, -0.25) is 4.79 Å². The predicted molar refractivity (Wildman–Crippen MR) is 44.0 cm³/mol. The van der Waals surface area contributed by atoms with Crippen LogP contribution in [-0.4, -0.2) is 48.7 Å². The van der Waals surface area contributed by atoms with Gasteiger partial charge in [0.2, 0.25) is 0 Å². The van der Waals surface area contributed by atoms with Crippen molar-refractivity contribution in [2.45, 2.75) is 49.2 Å². The Bertz CT molecular complexity index is 431. The molecule has 5 nitrogen and oxygen atoms in total. The van der Waals surface area contributed by atoms with Gasteiger partial charge in [-0.1, -0.05) is 0 Å². The van der Waals surface area contributed by atoms with Gasteiger partial charge < -0.3 is 18.9 Å². The summed E-state index contributed by atoms with van der Waals surface area (Å²) < 4.78 is 93.8. The van der Waals surface area contributed by atoms with Gasteiger partial charge >= 0.3 is 24.1 Å². The lowest BCUT2D eigenvalue weighted by Gasteiger charge is -2.32. The van der Waals surface area contributed by atoms with E-state index in [0.717, 1.165) is 0 Å². The quantitative estimate of drug-likeness (QED) is 0.498. The standard InChI is InChI=1S/C9H6F6O5/c10-8(11,12)7(9(13,14)15)19-5-4-2(1-3(16)18-4)17-6(5)20-7/h2,4-6H,1H2. The number of fused-ring (bicyclic) bond motifs is 3. The zero-order valence-corrected chi connectivity index (χ0v) is 9.33. The van der Waals surface area contributed by atoms with Crippen molar-refractivity contribution in [2.75, 3.05) is 0 Å². The summed E-state index contributed by atoms with van der Waals surface area (Å²) in [7, 11) is 0. The lowest BCUT2D eigenvalue weighted by Crippen LogP contribution is -2.59.